The molecule has 0 aliphatic heterocycles. The van der Waals surface area contributed by atoms with Crippen molar-refractivity contribution in [2.24, 2.45) is 11.3 Å². The van der Waals surface area contributed by atoms with Crippen molar-refractivity contribution in [2.75, 3.05) is 6.61 Å². The van der Waals surface area contributed by atoms with Crippen LogP contribution in [0.15, 0.2) is 48.5 Å². The third-order valence-corrected chi connectivity index (χ3v) is 8.50. The highest BCUT2D eigenvalue weighted by atomic mass is 16.5. The molecule has 0 aromatic heterocycles. The fraction of sp³-hybridized carbons (Fsp3) is 0.581. The molecule has 2 nitrogen and oxygen atoms in total. The molecule has 0 saturated heterocycles. The number of hydrogen-bond donors (Lipinski definition) is 0. The van der Waals surface area contributed by atoms with Gasteiger partial charge in [0, 0.05) is 0 Å². The topological polar surface area (TPSA) is 26.3 Å². The van der Waals surface area contributed by atoms with Crippen LogP contribution < -0.4 is 0 Å². The first kappa shape index (κ1) is 24.0. The molecule has 2 heteroatoms. The highest BCUT2D eigenvalue weighted by molar-refractivity contribution is 5.76. The Labute approximate surface area is 201 Å². The van der Waals surface area contributed by atoms with Gasteiger partial charge < -0.3 is 4.74 Å². The molecule has 0 N–H and O–H groups in total. The molecular weight excluding hydrogens is 404 g/mol. The van der Waals surface area contributed by atoms with Gasteiger partial charge in [0.05, 0.1) is 12.0 Å². The molecule has 2 aliphatic carbocycles. The van der Waals surface area contributed by atoms with Crippen LogP contribution in [0.4, 0.5) is 0 Å². The average Bonchev–Trinajstić information content (AvgIpc) is 2.86. The minimum atomic E-state index is -0.302. The lowest BCUT2D eigenvalue weighted by molar-refractivity contribution is -0.156. The second-order valence-electron chi connectivity index (χ2n) is 10.8. The SMILES string of the molecule is CCCC1CCC(c2ccc(-c3ccc(C4CCC(C)(C(=O)OCC)CC4)cc3)cc2)CC1. The van der Waals surface area contributed by atoms with Crippen LogP contribution in [0.5, 0.6) is 0 Å². The first-order chi connectivity index (χ1) is 16.0. The molecule has 0 atom stereocenters. The van der Waals surface area contributed by atoms with Crippen molar-refractivity contribution in [1.29, 1.82) is 0 Å². The van der Waals surface area contributed by atoms with Crippen molar-refractivity contribution in [3.8, 4) is 11.1 Å². The molecular formula is C31H42O2. The van der Waals surface area contributed by atoms with E-state index in [9.17, 15) is 4.79 Å². The van der Waals surface area contributed by atoms with Crippen molar-refractivity contribution in [1.82, 2.24) is 0 Å². The van der Waals surface area contributed by atoms with Crippen LogP contribution in [-0.4, -0.2) is 12.6 Å². The Kier molecular flexibility index (Phi) is 7.94. The van der Waals surface area contributed by atoms with Crippen LogP contribution in [-0.2, 0) is 9.53 Å². The Hall–Kier alpha value is -2.09. The molecule has 2 aliphatic rings. The van der Waals surface area contributed by atoms with Crippen LogP contribution in [0.25, 0.3) is 11.1 Å². The summed E-state index contributed by atoms with van der Waals surface area (Å²) < 4.78 is 5.31. The first-order valence-corrected chi connectivity index (χ1v) is 13.4. The molecule has 0 unspecified atom stereocenters. The summed E-state index contributed by atoms with van der Waals surface area (Å²) in [6.07, 6.45) is 12.2. The molecule has 0 heterocycles. The van der Waals surface area contributed by atoms with Gasteiger partial charge in [-0.25, -0.2) is 0 Å². The van der Waals surface area contributed by atoms with Crippen LogP contribution in [0.1, 0.15) is 108 Å². The lowest BCUT2D eigenvalue weighted by atomic mass is 9.70. The highest BCUT2D eigenvalue weighted by Gasteiger charge is 2.39. The van der Waals surface area contributed by atoms with Gasteiger partial charge in [-0.05, 0) is 105 Å². The van der Waals surface area contributed by atoms with Crippen molar-refractivity contribution < 1.29 is 9.53 Å². The number of rotatable bonds is 7. The maximum absolute atomic E-state index is 12.3. The maximum atomic E-state index is 12.3. The highest BCUT2D eigenvalue weighted by Crippen LogP contribution is 2.44. The Morgan fingerprint density at radius 3 is 1.73 bits per heavy atom. The summed E-state index contributed by atoms with van der Waals surface area (Å²) >= 11 is 0. The molecule has 2 aromatic carbocycles. The Morgan fingerprint density at radius 1 is 0.788 bits per heavy atom. The van der Waals surface area contributed by atoms with Crippen molar-refractivity contribution in [3.63, 3.8) is 0 Å². The number of hydrogen-bond acceptors (Lipinski definition) is 2. The van der Waals surface area contributed by atoms with E-state index in [0.29, 0.717) is 12.5 Å². The van der Waals surface area contributed by atoms with Crippen molar-refractivity contribution in [2.45, 2.75) is 96.8 Å². The van der Waals surface area contributed by atoms with E-state index in [1.807, 2.05) is 6.92 Å². The summed E-state index contributed by atoms with van der Waals surface area (Å²) in [5.74, 6) is 2.25. The largest absolute Gasteiger partial charge is 0.466 e. The standard InChI is InChI=1S/C31H42O2/c1-4-6-23-7-9-24(10-8-23)25-11-13-26(14-12-25)27-15-17-28(18-16-27)29-19-21-31(3,22-20-29)30(32)33-5-2/h11-18,23-24,29H,4-10,19-22H2,1-3H3. The first-order valence-electron chi connectivity index (χ1n) is 13.4. The maximum Gasteiger partial charge on any atom is 0.311 e. The summed E-state index contributed by atoms with van der Waals surface area (Å²) in [6.45, 7) is 6.75. The van der Waals surface area contributed by atoms with Gasteiger partial charge in [0.25, 0.3) is 0 Å². The van der Waals surface area contributed by atoms with Gasteiger partial charge in [0.2, 0.25) is 0 Å². The van der Waals surface area contributed by atoms with Crippen molar-refractivity contribution >= 4 is 5.97 Å². The second-order valence-corrected chi connectivity index (χ2v) is 10.8. The number of ether oxygens (including phenoxy) is 1. The van der Waals surface area contributed by atoms with E-state index in [4.69, 9.17) is 4.74 Å². The molecule has 0 bridgehead atoms. The predicted octanol–water partition coefficient (Wildman–Crippen LogP) is 8.65. The van der Waals surface area contributed by atoms with E-state index >= 15 is 0 Å². The molecule has 178 valence electrons. The molecule has 0 radical (unpaired) electrons. The number of benzene rings is 2. The van der Waals surface area contributed by atoms with Gasteiger partial charge in [0.15, 0.2) is 0 Å². The summed E-state index contributed by atoms with van der Waals surface area (Å²) in [4.78, 5) is 12.3. The summed E-state index contributed by atoms with van der Waals surface area (Å²) in [6, 6.07) is 18.5. The van der Waals surface area contributed by atoms with Gasteiger partial charge in [0.1, 0.15) is 0 Å². The van der Waals surface area contributed by atoms with Gasteiger partial charge in [-0.3, -0.25) is 4.79 Å². The number of carbonyl (C=O) groups is 1. The lowest BCUT2D eigenvalue weighted by Gasteiger charge is -2.35. The zero-order chi connectivity index (χ0) is 23.3. The molecule has 0 spiro atoms. The zero-order valence-corrected chi connectivity index (χ0v) is 20.9. The predicted molar refractivity (Wildman–Crippen MR) is 137 cm³/mol. The normalized spacial score (nSPS) is 27.8. The van der Waals surface area contributed by atoms with Crippen LogP contribution in [0.2, 0.25) is 0 Å². The lowest BCUT2D eigenvalue weighted by Crippen LogP contribution is -2.33. The van der Waals surface area contributed by atoms with E-state index < -0.39 is 0 Å². The van der Waals surface area contributed by atoms with E-state index in [2.05, 4.69) is 62.4 Å². The molecule has 2 aromatic rings. The van der Waals surface area contributed by atoms with Crippen LogP contribution in [0, 0.1) is 11.3 Å². The minimum absolute atomic E-state index is 0.0174. The van der Waals surface area contributed by atoms with E-state index in [1.54, 1.807) is 0 Å². The average molecular weight is 447 g/mol. The molecule has 2 fully saturated rings. The minimum Gasteiger partial charge on any atom is -0.466 e. The van der Waals surface area contributed by atoms with Gasteiger partial charge in [-0.2, -0.15) is 0 Å². The monoisotopic (exact) mass is 446 g/mol. The van der Waals surface area contributed by atoms with E-state index in [1.165, 1.54) is 60.8 Å². The Morgan fingerprint density at radius 2 is 1.27 bits per heavy atom. The van der Waals surface area contributed by atoms with Gasteiger partial charge in [-0.1, -0.05) is 68.3 Å². The second kappa shape index (κ2) is 10.9. The number of carbonyl (C=O) groups excluding carboxylic acids is 1. The third-order valence-electron chi connectivity index (χ3n) is 8.50. The molecule has 0 amide bonds. The van der Waals surface area contributed by atoms with Gasteiger partial charge >= 0.3 is 5.97 Å². The summed E-state index contributed by atoms with van der Waals surface area (Å²) in [5, 5.41) is 0. The van der Waals surface area contributed by atoms with Crippen LogP contribution in [0.3, 0.4) is 0 Å². The smallest absolute Gasteiger partial charge is 0.311 e. The molecule has 2 saturated carbocycles. The fourth-order valence-corrected chi connectivity index (χ4v) is 6.19. The zero-order valence-electron chi connectivity index (χ0n) is 20.9. The number of esters is 1. The summed E-state index contributed by atoms with van der Waals surface area (Å²) in [5.41, 5.74) is 5.23. The van der Waals surface area contributed by atoms with E-state index in [-0.39, 0.29) is 11.4 Å². The Bertz CT molecular complexity index is 880. The van der Waals surface area contributed by atoms with Crippen LogP contribution >= 0.6 is 0 Å². The van der Waals surface area contributed by atoms with Gasteiger partial charge in [-0.15, -0.1) is 0 Å². The van der Waals surface area contributed by atoms with E-state index in [0.717, 1.165) is 37.5 Å². The summed E-state index contributed by atoms with van der Waals surface area (Å²) in [7, 11) is 0. The third kappa shape index (κ3) is 5.70. The fourth-order valence-electron chi connectivity index (χ4n) is 6.19. The molecule has 33 heavy (non-hydrogen) atoms. The quantitative estimate of drug-likeness (QED) is 0.398. The molecule has 4 rings (SSSR count). The van der Waals surface area contributed by atoms with Crippen molar-refractivity contribution in [3.05, 3.63) is 59.7 Å². The Balaban J connectivity index is 1.34.